The number of aryl methyl sites for hydroxylation is 1. The molecule has 4 rings (SSSR count). The third kappa shape index (κ3) is 5.74. The van der Waals surface area contributed by atoms with Crippen LogP contribution in [0.5, 0.6) is 0 Å². The Kier molecular flexibility index (Phi) is 7.94. The summed E-state index contributed by atoms with van der Waals surface area (Å²) in [5, 5.41) is 13.6. The number of carbonyl (C=O) groups excluding carboxylic acids is 1. The molecule has 0 saturated carbocycles. The van der Waals surface area contributed by atoms with Gasteiger partial charge in [-0.15, -0.1) is 0 Å². The van der Waals surface area contributed by atoms with Gasteiger partial charge in [-0.1, -0.05) is 20.8 Å². The first kappa shape index (κ1) is 28.4. The number of nitrogens with one attached hydrogen (secondary N) is 1. The van der Waals surface area contributed by atoms with Crippen LogP contribution in [0.1, 0.15) is 66.3 Å². The molecule has 9 nitrogen and oxygen atoms in total. The van der Waals surface area contributed by atoms with Gasteiger partial charge in [0.15, 0.2) is 9.84 Å². The van der Waals surface area contributed by atoms with E-state index in [0.717, 1.165) is 12.1 Å². The van der Waals surface area contributed by atoms with Gasteiger partial charge in [-0.05, 0) is 43.0 Å². The molecule has 13 heteroatoms. The van der Waals surface area contributed by atoms with Gasteiger partial charge in [-0.25, -0.2) is 13.4 Å². The lowest BCUT2D eigenvalue weighted by Gasteiger charge is -2.20. The maximum Gasteiger partial charge on any atom is 0.418 e. The standard InChI is InChI=1S/C26H28F3N5O4S/c1-4-19-23(24(35)22-18(26(27,28)29)7-6-9-30-22)33-21-12-16(8-10-34(19)21)25(36)32-13-17-11-15(3)20(14-31-17)39(37,38)5-2/h6-10,12,14-15,24,35H,4-5,11,13H2,1-3H3,(H,32,36). The predicted molar refractivity (Wildman–Crippen MR) is 139 cm³/mol. The number of sulfone groups is 1. The van der Waals surface area contributed by atoms with Crippen LogP contribution < -0.4 is 5.32 Å². The summed E-state index contributed by atoms with van der Waals surface area (Å²) >= 11 is 0. The summed E-state index contributed by atoms with van der Waals surface area (Å²) in [5.41, 5.74) is 0.0618. The molecular weight excluding hydrogens is 535 g/mol. The minimum Gasteiger partial charge on any atom is -0.380 e. The Hall–Kier alpha value is -3.58. The van der Waals surface area contributed by atoms with Crippen molar-refractivity contribution in [3.8, 4) is 0 Å². The minimum atomic E-state index is -4.70. The van der Waals surface area contributed by atoms with Gasteiger partial charge < -0.3 is 14.8 Å². The Bertz CT molecular complexity index is 1580. The molecule has 1 amide bonds. The van der Waals surface area contributed by atoms with Gasteiger partial charge in [0.05, 0.1) is 34.2 Å². The van der Waals surface area contributed by atoms with E-state index in [1.165, 1.54) is 18.5 Å². The molecule has 0 radical (unpaired) electrons. The molecule has 1 aliphatic heterocycles. The number of carbonyl (C=O) groups is 1. The lowest BCUT2D eigenvalue weighted by molar-refractivity contribution is -0.139. The molecule has 0 aromatic carbocycles. The lowest BCUT2D eigenvalue weighted by Crippen LogP contribution is -2.32. The predicted octanol–water partition coefficient (Wildman–Crippen LogP) is 3.88. The minimum absolute atomic E-state index is 0.00907. The molecule has 0 spiro atoms. The number of halogens is 3. The number of alkyl halides is 3. The number of hydrogen-bond acceptors (Lipinski definition) is 7. The number of aliphatic hydroxyl groups excluding tert-OH is 1. The first-order valence-corrected chi connectivity index (χ1v) is 14.0. The average molecular weight is 564 g/mol. The van der Waals surface area contributed by atoms with Gasteiger partial charge in [0.25, 0.3) is 5.91 Å². The Balaban J connectivity index is 1.57. The fourth-order valence-electron chi connectivity index (χ4n) is 4.57. The number of amides is 1. The lowest BCUT2D eigenvalue weighted by atomic mass is 10.0. The highest BCUT2D eigenvalue weighted by Gasteiger charge is 2.37. The van der Waals surface area contributed by atoms with Crippen LogP contribution in [-0.4, -0.2) is 51.8 Å². The number of pyridine rings is 2. The number of fused-ring (bicyclic) bond motifs is 1. The van der Waals surface area contributed by atoms with Crippen LogP contribution in [0.2, 0.25) is 0 Å². The monoisotopic (exact) mass is 563 g/mol. The smallest absolute Gasteiger partial charge is 0.380 e. The van der Waals surface area contributed by atoms with Crippen LogP contribution in [0, 0.1) is 5.92 Å². The van der Waals surface area contributed by atoms with Crippen LogP contribution in [0.15, 0.2) is 52.8 Å². The molecule has 2 N–H and O–H groups in total. The first-order valence-electron chi connectivity index (χ1n) is 12.3. The number of aliphatic hydroxyl groups is 1. The van der Waals surface area contributed by atoms with Crippen molar-refractivity contribution < 1.29 is 31.5 Å². The summed E-state index contributed by atoms with van der Waals surface area (Å²) in [6.45, 7) is 5.26. The molecule has 208 valence electrons. The molecule has 3 aromatic rings. The van der Waals surface area contributed by atoms with Crippen LogP contribution in [0.3, 0.4) is 0 Å². The van der Waals surface area contributed by atoms with E-state index in [-0.39, 0.29) is 40.0 Å². The highest BCUT2D eigenvalue weighted by atomic mass is 32.2. The Labute approximate surface area is 223 Å². The molecule has 2 unspecified atom stereocenters. The zero-order valence-corrected chi connectivity index (χ0v) is 22.3. The number of aliphatic imine (C=N–C) groups is 1. The van der Waals surface area contributed by atoms with Gasteiger partial charge in [0.2, 0.25) is 0 Å². The highest BCUT2D eigenvalue weighted by molar-refractivity contribution is 7.95. The molecule has 3 aromatic heterocycles. The second-order valence-electron chi connectivity index (χ2n) is 9.20. The topological polar surface area (TPSA) is 126 Å². The zero-order chi connectivity index (χ0) is 28.5. The molecule has 39 heavy (non-hydrogen) atoms. The molecule has 0 saturated heterocycles. The van der Waals surface area contributed by atoms with Gasteiger partial charge in [-0.3, -0.25) is 14.8 Å². The molecule has 0 bridgehead atoms. The summed E-state index contributed by atoms with van der Waals surface area (Å²) in [6, 6.07) is 5.02. The van der Waals surface area contributed by atoms with Gasteiger partial charge in [0, 0.05) is 35.6 Å². The van der Waals surface area contributed by atoms with Crippen molar-refractivity contribution in [1.29, 1.82) is 0 Å². The van der Waals surface area contributed by atoms with Crippen LogP contribution in [0.25, 0.3) is 5.65 Å². The van der Waals surface area contributed by atoms with Crippen molar-refractivity contribution in [3.05, 3.63) is 76.0 Å². The summed E-state index contributed by atoms with van der Waals surface area (Å²) in [6.07, 6.45) is -1.60. The van der Waals surface area contributed by atoms with Crippen molar-refractivity contribution in [3.63, 3.8) is 0 Å². The zero-order valence-electron chi connectivity index (χ0n) is 21.5. The summed E-state index contributed by atoms with van der Waals surface area (Å²) in [7, 11) is -3.35. The third-order valence-corrected chi connectivity index (χ3v) is 8.60. The molecular formula is C26H28F3N5O4S. The van der Waals surface area contributed by atoms with Crippen LogP contribution in [0.4, 0.5) is 13.2 Å². The summed E-state index contributed by atoms with van der Waals surface area (Å²) in [4.78, 5) is 25.5. The molecule has 0 fully saturated rings. The quantitative estimate of drug-likeness (QED) is 0.429. The van der Waals surface area contributed by atoms with Crippen molar-refractivity contribution >= 4 is 27.1 Å². The second kappa shape index (κ2) is 10.9. The number of rotatable bonds is 8. The van der Waals surface area contributed by atoms with E-state index in [2.05, 4.69) is 20.3 Å². The Morgan fingerprint density at radius 3 is 2.64 bits per heavy atom. The number of allylic oxidation sites excluding steroid dienone is 1. The number of imidazole rings is 1. The van der Waals surface area contributed by atoms with Crippen molar-refractivity contribution in [2.75, 3.05) is 12.3 Å². The largest absolute Gasteiger partial charge is 0.418 e. The van der Waals surface area contributed by atoms with Gasteiger partial charge >= 0.3 is 6.18 Å². The van der Waals surface area contributed by atoms with Gasteiger partial charge in [-0.2, -0.15) is 13.2 Å². The Morgan fingerprint density at radius 2 is 2.00 bits per heavy atom. The fourth-order valence-corrected chi connectivity index (χ4v) is 5.82. The van der Waals surface area contributed by atoms with E-state index in [1.807, 2.05) is 0 Å². The molecule has 0 aliphatic carbocycles. The molecule has 2 atom stereocenters. The van der Waals surface area contributed by atoms with Crippen molar-refractivity contribution in [2.24, 2.45) is 10.9 Å². The second-order valence-corrected chi connectivity index (χ2v) is 11.5. The average Bonchev–Trinajstić information content (AvgIpc) is 3.28. The van der Waals surface area contributed by atoms with E-state index < -0.39 is 39.3 Å². The van der Waals surface area contributed by atoms with Crippen LogP contribution >= 0.6 is 0 Å². The van der Waals surface area contributed by atoms with E-state index in [0.29, 0.717) is 24.2 Å². The molecule has 1 aliphatic rings. The maximum atomic E-state index is 13.5. The number of hydrogen-bond donors (Lipinski definition) is 2. The van der Waals surface area contributed by atoms with Gasteiger partial charge in [0.1, 0.15) is 11.8 Å². The number of nitrogens with zero attached hydrogens (tertiary/aromatic N) is 4. The first-order chi connectivity index (χ1) is 18.4. The van der Waals surface area contributed by atoms with E-state index in [1.54, 1.807) is 37.4 Å². The van der Waals surface area contributed by atoms with E-state index in [4.69, 9.17) is 0 Å². The van der Waals surface area contributed by atoms with Crippen LogP contribution in [-0.2, 0) is 22.4 Å². The van der Waals surface area contributed by atoms with Crippen molar-refractivity contribution in [2.45, 2.75) is 45.9 Å². The van der Waals surface area contributed by atoms with E-state index in [9.17, 15) is 31.5 Å². The SMILES string of the molecule is CCc1c(C(O)c2ncccc2C(F)(F)F)nc2cc(C(=O)NCC3=NC=C(S(=O)(=O)CC)C(C)C3)ccn12. The highest BCUT2D eigenvalue weighted by Crippen LogP contribution is 2.36. The Morgan fingerprint density at radius 1 is 1.26 bits per heavy atom. The van der Waals surface area contributed by atoms with Crippen molar-refractivity contribution in [1.82, 2.24) is 19.7 Å². The summed E-state index contributed by atoms with van der Waals surface area (Å²) in [5.74, 6) is -0.698. The van der Waals surface area contributed by atoms with E-state index >= 15 is 0 Å². The summed E-state index contributed by atoms with van der Waals surface area (Å²) < 4.78 is 66.5. The third-order valence-electron chi connectivity index (χ3n) is 6.61. The number of aromatic nitrogens is 3. The fraction of sp³-hybridized carbons (Fsp3) is 0.385. The molecule has 4 heterocycles. The normalized spacial score (nSPS) is 17.1. The maximum absolute atomic E-state index is 13.5.